The van der Waals surface area contributed by atoms with E-state index >= 15 is 0 Å². The first-order valence-corrected chi connectivity index (χ1v) is 15.5. The molecule has 2 saturated heterocycles. The Labute approximate surface area is 255 Å². The van der Waals surface area contributed by atoms with Crippen molar-refractivity contribution in [2.24, 2.45) is 29.6 Å². The van der Waals surface area contributed by atoms with Gasteiger partial charge in [0.1, 0.15) is 11.9 Å². The van der Waals surface area contributed by atoms with Crippen LogP contribution in [0.2, 0.25) is 0 Å². The van der Waals surface area contributed by atoms with Crippen LogP contribution >= 0.6 is 0 Å². The highest BCUT2D eigenvalue weighted by atomic mass is 16.7. The Morgan fingerprint density at radius 2 is 1.74 bits per heavy atom. The lowest BCUT2D eigenvalue weighted by Gasteiger charge is -2.33. The summed E-state index contributed by atoms with van der Waals surface area (Å²) in [6.45, 7) is 5.92. The summed E-state index contributed by atoms with van der Waals surface area (Å²) in [5.41, 5.74) is 1.75. The molecule has 2 heterocycles. The Morgan fingerprint density at radius 1 is 1.02 bits per heavy atom. The minimum absolute atomic E-state index is 0.0579. The molecule has 1 N–H and O–H groups in total. The first kappa shape index (κ1) is 31.3. The van der Waals surface area contributed by atoms with Crippen molar-refractivity contribution in [2.45, 2.75) is 58.0 Å². The van der Waals surface area contributed by atoms with Crippen LogP contribution in [-0.2, 0) is 25.4 Å². The van der Waals surface area contributed by atoms with Crippen molar-refractivity contribution < 1.29 is 33.6 Å². The average molecular weight is 595 g/mol. The molecule has 3 aliphatic rings. The minimum atomic E-state index is -0.932. The number of carbonyl (C=O) groups excluding carboxylic acids is 2. The number of urea groups is 1. The van der Waals surface area contributed by atoms with Gasteiger partial charge in [-0.05, 0) is 55.0 Å². The van der Waals surface area contributed by atoms with Crippen LogP contribution in [-0.4, -0.2) is 81.0 Å². The van der Waals surface area contributed by atoms with Gasteiger partial charge < -0.3 is 29.0 Å². The van der Waals surface area contributed by atoms with E-state index in [9.17, 15) is 14.7 Å². The largest absolute Gasteiger partial charge is 0.497 e. The van der Waals surface area contributed by atoms with Crippen molar-refractivity contribution in [3.63, 3.8) is 0 Å². The molecule has 1 saturated carbocycles. The molecule has 9 nitrogen and oxygen atoms in total. The first-order chi connectivity index (χ1) is 20.7. The monoisotopic (exact) mass is 594 g/mol. The lowest BCUT2D eigenvalue weighted by Crippen LogP contribution is -2.47. The molecule has 5 rings (SSSR count). The van der Waals surface area contributed by atoms with Crippen LogP contribution in [0.15, 0.2) is 54.6 Å². The molecule has 0 aromatic heterocycles. The summed E-state index contributed by atoms with van der Waals surface area (Å²) in [6, 6.07) is 16.9. The summed E-state index contributed by atoms with van der Waals surface area (Å²) >= 11 is 0. The summed E-state index contributed by atoms with van der Waals surface area (Å²) in [4.78, 5) is 30.5. The maximum absolute atomic E-state index is 13.8. The third kappa shape index (κ3) is 7.51. The van der Waals surface area contributed by atoms with Gasteiger partial charge in [-0.25, -0.2) is 4.79 Å². The van der Waals surface area contributed by atoms with Gasteiger partial charge in [-0.2, -0.15) is 0 Å². The number of rotatable bonds is 13. The fourth-order valence-corrected chi connectivity index (χ4v) is 6.71. The van der Waals surface area contributed by atoms with Gasteiger partial charge in [0.05, 0.1) is 32.8 Å². The fourth-order valence-electron chi connectivity index (χ4n) is 6.71. The number of aliphatic hydroxyl groups is 1. The van der Waals surface area contributed by atoms with E-state index < -0.39 is 12.0 Å². The van der Waals surface area contributed by atoms with Gasteiger partial charge >= 0.3 is 12.0 Å². The van der Waals surface area contributed by atoms with Crippen molar-refractivity contribution in [1.82, 2.24) is 4.90 Å². The van der Waals surface area contributed by atoms with Crippen molar-refractivity contribution in [1.29, 1.82) is 0 Å². The molecule has 7 atom stereocenters. The predicted octanol–water partition coefficient (Wildman–Crippen LogP) is 4.76. The Bertz CT molecular complexity index is 1210. The van der Waals surface area contributed by atoms with Crippen molar-refractivity contribution >= 4 is 17.7 Å². The zero-order valence-electron chi connectivity index (χ0n) is 25.8. The van der Waals surface area contributed by atoms with Crippen LogP contribution in [0.3, 0.4) is 0 Å². The highest BCUT2D eigenvalue weighted by Crippen LogP contribution is 2.49. The highest BCUT2D eigenvalue weighted by Gasteiger charge is 2.56. The normalized spacial score (nSPS) is 25.3. The molecule has 3 fully saturated rings. The number of ether oxygens (including phenoxy) is 4. The van der Waals surface area contributed by atoms with Crippen LogP contribution in [0.4, 0.5) is 10.5 Å². The summed E-state index contributed by atoms with van der Waals surface area (Å²) in [7, 11) is 3.34. The predicted molar refractivity (Wildman–Crippen MR) is 163 cm³/mol. The van der Waals surface area contributed by atoms with Crippen LogP contribution < -0.4 is 9.64 Å². The third-order valence-electron chi connectivity index (χ3n) is 9.27. The zero-order chi connectivity index (χ0) is 30.5. The van der Waals surface area contributed by atoms with Gasteiger partial charge in [0.15, 0.2) is 6.29 Å². The molecule has 2 aromatic rings. The van der Waals surface area contributed by atoms with E-state index in [1.54, 1.807) is 24.0 Å². The van der Waals surface area contributed by atoms with Crippen LogP contribution in [0.1, 0.15) is 38.7 Å². The molecule has 234 valence electrons. The molecule has 1 aliphatic carbocycles. The topological polar surface area (TPSA) is 97.8 Å². The average Bonchev–Trinajstić information content (AvgIpc) is 3.55. The Morgan fingerprint density at radius 3 is 2.44 bits per heavy atom. The smallest absolute Gasteiger partial charge is 0.324 e. The van der Waals surface area contributed by atoms with Crippen molar-refractivity contribution in [2.75, 3.05) is 45.4 Å². The molecule has 2 bridgehead atoms. The molecular formula is C34H46N2O7. The van der Waals surface area contributed by atoms with Gasteiger partial charge in [0, 0.05) is 49.5 Å². The van der Waals surface area contributed by atoms with Gasteiger partial charge in [-0.15, -0.1) is 0 Å². The molecule has 43 heavy (non-hydrogen) atoms. The van der Waals surface area contributed by atoms with Crippen LogP contribution in [0.5, 0.6) is 5.75 Å². The molecule has 5 unspecified atom stereocenters. The maximum Gasteiger partial charge on any atom is 0.324 e. The number of benzene rings is 2. The molecule has 2 amide bonds. The number of esters is 1. The molecule has 2 aromatic carbocycles. The molecule has 0 spiro atoms. The number of anilines is 1. The minimum Gasteiger partial charge on any atom is -0.497 e. The number of nitrogens with zero attached hydrogens (tertiary/aromatic N) is 2. The number of carbonyl (C=O) groups is 2. The van der Waals surface area contributed by atoms with Crippen LogP contribution in [0, 0.1) is 29.6 Å². The third-order valence-corrected chi connectivity index (χ3v) is 9.27. The maximum atomic E-state index is 13.8. The van der Waals surface area contributed by atoms with E-state index in [2.05, 4.69) is 13.8 Å². The molecular weight excluding hydrogens is 548 g/mol. The van der Waals surface area contributed by atoms with Gasteiger partial charge in [-0.1, -0.05) is 44.2 Å². The summed E-state index contributed by atoms with van der Waals surface area (Å²) < 4.78 is 23.0. The number of hydrogen-bond donors (Lipinski definition) is 1. The van der Waals surface area contributed by atoms with Gasteiger partial charge in [0.2, 0.25) is 0 Å². The lowest BCUT2D eigenvalue weighted by atomic mass is 9.90. The standard InChI is InChI=1S/C34H46N2O7/c1-22(2)14-15-36(34(39)35(3)26-10-12-27(40-4)13-11-26)19-30(37)24(16-23-8-6-5-7-9-23)18-31(38)43-32-25-17-28-29(32)21-42-33(28)41-20-25/h5-13,22,24-25,28-30,32-33,37H,14-21H2,1-4H3/t24-,25?,28?,29?,30-,32?,33?/m1/s1. The van der Waals surface area contributed by atoms with E-state index in [1.165, 1.54) is 0 Å². The molecule has 2 aliphatic heterocycles. The van der Waals surface area contributed by atoms with E-state index in [4.69, 9.17) is 18.9 Å². The van der Waals surface area contributed by atoms with E-state index in [0.29, 0.717) is 37.8 Å². The number of fused-ring (bicyclic) bond motifs is 1. The zero-order valence-corrected chi connectivity index (χ0v) is 25.8. The summed E-state index contributed by atoms with van der Waals surface area (Å²) in [5.74, 6) is 0.969. The first-order valence-electron chi connectivity index (χ1n) is 15.5. The summed E-state index contributed by atoms with van der Waals surface area (Å²) in [5, 5.41) is 11.7. The molecule has 9 heteroatoms. The second kappa shape index (κ2) is 14.1. The second-order valence-corrected chi connectivity index (χ2v) is 12.7. The quantitative estimate of drug-likeness (QED) is 0.334. The molecule has 0 radical (unpaired) electrons. The van der Waals surface area contributed by atoms with Gasteiger partial charge in [0.25, 0.3) is 0 Å². The van der Waals surface area contributed by atoms with Crippen molar-refractivity contribution in [3.05, 3.63) is 60.2 Å². The Kier molecular flexibility index (Phi) is 10.3. The lowest BCUT2D eigenvalue weighted by molar-refractivity contribution is -0.178. The number of methoxy groups -OCH3 is 1. The van der Waals surface area contributed by atoms with E-state index in [-0.39, 0.29) is 55.1 Å². The van der Waals surface area contributed by atoms with E-state index in [1.807, 2.05) is 54.6 Å². The van der Waals surface area contributed by atoms with Crippen molar-refractivity contribution in [3.8, 4) is 5.75 Å². The highest BCUT2D eigenvalue weighted by molar-refractivity contribution is 5.91. The van der Waals surface area contributed by atoms with Crippen LogP contribution in [0.25, 0.3) is 0 Å². The number of aliphatic hydroxyl groups excluding tert-OH is 1. The number of amides is 2. The Balaban J connectivity index is 1.29. The second-order valence-electron chi connectivity index (χ2n) is 12.7. The van der Waals surface area contributed by atoms with Gasteiger partial charge in [-0.3, -0.25) is 9.69 Å². The van der Waals surface area contributed by atoms with E-state index in [0.717, 1.165) is 24.1 Å². The fraction of sp³-hybridized carbons (Fsp3) is 0.588. The summed E-state index contributed by atoms with van der Waals surface area (Å²) in [6.07, 6.45) is 0.965. The Hall–Kier alpha value is -3.14. The SMILES string of the molecule is COc1ccc(N(C)C(=O)N(CCC(C)C)C[C@@H](O)[C@@H](CC(=O)OC2C3COC4OCC2C4C3)Cc2ccccc2)cc1. The number of hydrogen-bond acceptors (Lipinski definition) is 7.